The second-order valence-corrected chi connectivity index (χ2v) is 9.98. The van der Waals surface area contributed by atoms with Crippen molar-refractivity contribution in [3.05, 3.63) is 131 Å². The second kappa shape index (κ2) is 11.7. The van der Waals surface area contributed by atoms with E-state index in [0.717, 1.165) is 16.8 Å². The molecule has 0 fully saturated rings. The zero-order chi connectivity index (χ0) is 29.1. The zero-order valence-electron chi connectivity index (χ0n) is 23.4. The minimum Gasteiger partial charge on any atom is -0.489 e. The highest BCUT2D eigenvalue weighted by molar-refractivity contribution is 6.14. The molecule has 3 aromatic carbocycles. The van der Waals surface area contributed by atoms with E-state index in [4.69, 9.17) is 9.47 Å². The summed E-state index contributed by atoms with van der Waals surface area (Å²) < 4.78 is 14.7. The molecule has 0 bridgehead atoms. The second-order valence-electron chi connectivity index (χ2n) is 9.98. The Morgan fingerprint density at radius 2 is 1.64 bits per heavy atom. The highest BCUT2D eigenvalue weighted by Crippen LogP contribution is 2.28. The van der Waals surface area contributed by atoms with Crippen molar-refractivity contribution in [2.45, 2.75) is 6.61 Å². The van der Waals surface area contributed by atoms with Crippen LogP contribution in [0.1, 0.15) is 15.9 Å². The lowest BCUT2D eigenvalue weighted by molar-refractivity contribution is 0.0977. The number of rotatable bonds is 9. The molecule has 0 spiro atoms. The van der Waals surface area contributed by atoms with Gasteiger partial charge < -0.3 is 18.9 Å². The van der Waals surface area contributed by atoms with Gasteiger partial charge >= 0.3 is 0 Å². The van der Waals surface area contributed by atoms with E-state index in [-0.39, 0.29) is 11.5 Å². The van der Waals surface area contributed by atoms with Gasteiger partial charge in [-0.15, -0.1) is 0 Å². The van der Waals surface area contributed by atoms with E-state index in [9.17, 15) is 9.59 Å². The van der Waals surface area contributed by atoms with Crippen molar-refractivity contribution in [1.29, 1.82) is 0 Å². The summed E-state index contributed by atoms with van der Waals surface area (Å²) >= 11 is 0. The molecule has 210 valence electrons. The molecule has 6 rings (SSSR count). The largest absolute Gasteiger partial charge is 0.489 e. The van der Waals surface area contributed by atoms with Gasteiger partial charge in [0.05, 0.1) is 29.5 Å². The molecular weight excluding hydrogens is 528 g/mol. The van der Waals surface area contributed by atoms with E-state index in [1.54, 1.807) is 30.6 Å². The van der Waals surface area contributed by atoms with E-state index >= 15 is 0 Å². The van der Waals surface area contributed by atoms with Gasteiger partial charge in [-0.2, -0.15) is 0 Å². The number of hydrogen-bond donors (Lipinski definition) is 0. The van der Waals surface area contributed by atoms with Gasteiger partial charge in [-0.25, -0.2) is 4.98 Å². The first kappa shape index (κ1) is 27.0. The summed E-state index contributed by atoms with van der Waals surface area (Å²) in [6.07, 6.45) is 3.40. The molecule has 42 heavy (non-hydrogen) atoms. The molecule has 1 amide bonds. The highest BCUT2D eigenvalue weighted by atomic mass is 16.5. The van der Waals surface area contributed by atoms with Crippen LogP contribution in [0.15, 0.2) is 114 Å². The number of aryl methyl sites for hydroxylation is 1. The predicted octanol–water partition coefficient (Wildman–Crippen LogP) is 5.73. The Bertz CT molecular complexity index is 1910. The number of fused-ring (bicyclic) bond motifs is 3. The van der Waals surface area contributed by atoms with Gasteiger partial charge in [0, 0.05) is 38.1 Å². The van der Waals surface area contributed by atoms with Crippen molar-refractivity contribution >= 4 is 28.1 Å². The van der Waals surface area contributed by atoms with Gasteiger partial charge in [-0.3, -0.25) is 14.0 Å². The molecule has 8 heteroatoms. The summed E-state index contributed by atoms with van der Waals surface area (Å²) in [5.41, 5.74) is 4.88. The minimum absolute atomic E-state index is 0.241. The molecule has 0 saturated heterocycles. The van der Waals surface area contributed by atoms with E-state index in [2.05, 4.69) is 4.98 Å². The topological polar surface area (TPSA) is 78.1 Å². The van der Waals surface area contributed by atoms with E-state index in [1.165, 1.54) is 4.40 Å². The van der Waals surface area contributed by atoms with E-state index < -0.39 is 0 Å². The summed E-state index contributed by atoms with van der Waals surface area (Å²) in [7, 11) is 3.49. The number of amides is 1. The maximum Gasteiger partial charge on any atom is 0.263 e. The third kappa shape index (κ3) is 5.15. The number of imidazole rings is 1. The monoisotopic (exact) mass is 558 g/mol. The molecule has 0 aliphatic heterocycles. The van der Waals surface area contributed by atoms with Crippen molar-refractivity contribution in [2.75, 3.05) is 25.2 Å². The molecule has 8 nitrogen and oxygen atoms in total. The van der Waals surface area contributed by atoms with Crippen LogP contribution in [0, 0.1) is 0 Å². The van der Waals surface area contributed by atoms with Crippen molar-refractivity contribution in [2.24, 2.45) is 7.05 Å². The predicted molar refractivity (Wildman–Crippen MR) is 164 cm³/mol. The zero-order valence-corrected chi connectivity index (χ0v) is 23.4. The number of pyridine rings is 2. The number of carbonyl (C=O) groups is 1. The van der Waals surface area contributed by atoms with Crippen molar-refractivity contribution in [3.8, 4) is 16.9 Å². The van der Waals surface area contributed by atoms with Gasteiger partial charge in [-0.05, 0) is 47.5 Å². The van der Waals surface area contributed by atoms with Crippen LogP contribution >= 0.6 is 0 Å². The molecule has 0 saturated carbocycles. The Morgan fingerprint density at radius 1 is 0.929 bits per heavy atom. The van der Waals surface area contributed by atoms with Gasteiger partial charge in [0.1, 0.15) is 17.9 Å². The average molecular weight is 559 g/mol. The average Bonchev–Trinajstić information content (AvgIpc) is 3.42. The summed E-state index contributed by atoms with van der Waals surface area (Å²) in [6.45, 7) is 1.13. The lowest BCUT2D eigenvalue weighted by Gasteiger charge is -2.24. The summed E-state index contributed by atoms with van der Waals surface area (Å²) in [6, 6.07) is 30.3. The third-order valence-corrected chi connectivity index (χ3v) is 7.30. The SMILES string of the molecule is COCCN(C(=O)c1cc(-c2ccc(OCc3ccccc3)cc2)c(=O)n2ccc3c(ncn3C)c12)c1ccccc1. The molecule has 0 aliphatic carbocycles. The van der Waals surface area contributed by atoms with Gasteiger partial charge in [-0.1, -0.05) is 60.7 Å². The van der Waals surface area contributed by atoms with Crippen LogP contribution < -0.4 is 15.2 Å². The normalized spacial score (nSPS) is 11.2. The van der Waals surface area contributed by atoms with E-state index in [0.29, 0.717) is 53.2 Å². The van der Waals surface area contributed by atoms with Crippen molar-refractivity contribution in [3.63, 3.8) is 0 Å². The van der Waals surface area contributed by atoms with Crippen molar-refractivity contribution in [1.82, 2.24) is 14.0 Å². The number of methoxy groups -OCH3 is 1. The molecule has 0 unspecified atom stereocenters. The fourth-order valence-electron chi connectivity index (χ4n) is 5.11. The Labute approximate surface area is 243 Å². The number of anilines is 1. The molecule has 3 aromatic heterocycles. The molecule has 0 atom stereocenters. The Hall–Kier alpha value is -5.21. The molecule has 0 radical (unpaired) electrons. The Balaban J connectivity index is 1.47. The summed E-state index contributed by atoms with van der Waals surface area (Å²) in [5, 5.41) is 0. The van der Waals surface area contributed by atoms with Crippen LogP contribution in [0.4, 0.5) is 5.69 Å². The number of para-hydroxylation sites is 1. The molecule has 0 N–H and O–H groups in total. The van der Waals surface area contributed by atoms with Gasteiger partial charge in [0.25, 0.3) is 11.5 Å². The fourth-order valence-corrected chi connectivity index (χ4v) is 5.11. The van der Waals surface area contributed by atoms with Crippen molar-refractivity contribution < 1.29 is 14.3 Å². The fraction of sp³-hybridized carbons (Fsp3) is 0.147. The third-order valence-electron chi connectivity index (χ3n) is 7.30. The highest BCUT2D eigenvalue weighted by Gasteiger charge is 2.25. The molecule has 6 aromatic rings. The smallest absolute Gasteiger partial charge is 0.263 e. The van der Waals surface area contributed by atoms with Crippen LogP contribution in [0.2, 0.25) is 0 Å². The Morgan fingerprint density at radius 3 is 2.36 bits per heavy atom. The number of carbonyl (C=O) groups excluding carboxylic acids is 1. The van der Waals surface area contributed by atoms with Crippen LogP contribution in [-0.2, 0) is 18.4 Å². The maximum absolute atomic E-state index is 14.4. The number of nitrogens with zero attached hydrogens (tertiary/aromatic N) is 4. The minimum atomic E-state index is -0.252. The maximum atomic E-state index is 14.4. The van der Waals surface area contributed by atoms with Gasteiger partial charge in [0.2, 0.25) is 0 Å². The van der Waals surface area contributed by atoms with E-state index in [1.807, 2.05) is 103 Å². The lowest BCUT2D eigenvalue weighted by Crippen LogP contribution is -2.35. The van der Waals surface area contributed by atoms with Crippen LogP contribution in [0.3, 0.4) is 0 Å². The quantitative estimate of drug-likeness (QED) is 0.227. The van der Waals surface area contributed by atoms with Crippen LogP contribution in [0.5, 0.6) is 5.75 Å². The first-order valence-corrected chi connectivity index (χ1v) is 13.7. The summed E-state index contributed by atoms with van der Waals surface area (Å²) in [4.78, 5) is 34.6. The molecule has 0 aliphatic rings. The first-order chi connectivity index (χ1) is 20.5. The number of aromatic nitrogens is 3. The van der Waals surface area contributed by atoms with Crippen LogP contribution in [-0.4, -0.2) is 40.1 Å². The number of hydrogen-bond acceptors (Lipinski definition) is 5. The Kier molecular flexibility index (Phi) is 7.53. The molecule has 3 heterocycles. The first-order valence-electron chi connectivity index (χ1n) is 13.7. The number of benzene rings is 3. The molecular formula is C34H30N4O4. The standard InChI is InChI=1S/C34H30N4O4/c1-36-23-35-31-30(36)17-18-38-32(31)29(34(40)37(19-20-41-2)26-11-7-4-8-12-26)21-28(33(38)39)25-13-15-27(16-14-25)42-22-24-9-5-3-6-10-24/h3-18,21,23H,19-20,22H2,1-2H3. The lowest BCUT2D eigenvalue weighted by atomic mass is 10.0. The van der Waals surface area contributed by atoms with Gasteiger partial charge in [0.15, 0.2) is 0 Å². The number of ether oxygens (including phenoxy) is 2. The van der Waals surface area contributed by atoms with Crippen LogP contribution in [0.25, 0.3) is 27.7 Å². The summed E-state index contributed by atoms with van der Waals surface area (Å²) in [5.74, 6) is 0.433.